The van der Waals surface area contributed by atoms with Gasteiger partial charge in [0.25, 0.3) is 0 Å². The van der Waals surface area contributed by atoms with Crippen LogP contribution in [0.3, 0.4) is 0 Å². The monoisotopic (exact) mass is 462 g/mol. The second-order valence-electron chi connectivity index (χ2n) is 9.78. The summed E-state index contributed by atoms with van der Waals surface area (Å²) in [6, 6.07) is -0.113. The molecule has 2 aliphatic rings. The fourth-order valence-electron chi connectivity index (χ4n) is 4.69. The van der Waals surface area contributed by atoms with Crippen molar-refractivity contribution in [1.29, 1.82) is 0 Å². The quantitative estimate of drug-likeness (QED) is 0.640. The topological polar surface area (TPSA) is 91.8 Å². The number of ether oxygens (including phenoxy) is 1. The maximum absolute atomic E-state index is 12.8. The molecule has 2 fully saturated rings. The molecule has 178 valence electrons. The van der Waals surface area contributed by atoms with Crippen LogP contribution in [0.1, 0.15) is 76.9 Å². The second kappa shape index (κ2) is 11.0. The molecular formula is C25H38N2O4S. The normalized spacial score (nSPS) is 35.8. The van der Waals surface area contributed by atoms with Crippen molar-refractivity contribution in [2.75, 3.05) is 0 Å². The Morgan fingerprint density at radius 3 is 2.66 bits per heavy atom. The van der Waals surface area contributed by atoms with Gasteiger partial charge in [0.15, 0.2) is 0 Å². The second-order valence-corrected chi connectivity index (χ2v) is 10.8. The molecule has 1 amide bonds. The van der Waals surface area contributed by atoms with E-state index in [1.807, 2.05) is 46.1 Å². The van der Waals surface area contributed by atoms with E-state index in [4.69, 9.17) is 4.74 Å². The van der Waals surface area contributed by atoms with Gasteiger partial charge in [0, 0.05) is 30.1 Å². The lowest BCUT2D eigenvalue weighted by molar-refractivity contribution is -0.131. The minimum absolute atomic E-state index is 0.0429. The van der Waals surface area contributed by atoms with Gasteiger partial charge in [-0.15, -0.1) is 11.3 Å². The molecular weight excluding hydrogens is 424 g/mol. The smallest absolute Gasteiger partial charge is 0.220 e. The van der Waals surface area contributed by atoms with Crippen molar-refractivity contribution in [1.82, 2.24) is 10.3 Å². The van der Waals surface area contributed by atoms with Crippen LogP contribution in [0.4, 0.5) is 0 Å². The molecule has 0 aliphatic carbocycles. The molecule has 7 atom stereocenters. The number of nitrogens with one attached hydrogen (secondary N) is 1. The number of fused-ring (bicyclic) bond motifs is 1. The molecule has 0 spiro atoms. The summed E-state index contributed by atoms with van der Waals surface area (Å²) in [6.07, 6.45) is 6.05. The molecule has 2 aliphatic heterocycles. The number of carbonyl (C=O) groups excluding carboxylic acids is 2. The first kappa shape index (κ1) is 25.1. The summed E-state index contributed by atoms with van der Waals surface area (Å²) in [5.74, 6) is -0.617. The first-order valence-corrected chi connectivity index (χ1v) is 12.8. The Bertz CT molecular complexity index is 836. The van der Waals surface area contributed by atoms with E-state index in [9.17, 15) is 14.7 Å². The van der Waals surface area contributed by atoms with Gasteiger partial charge in [-0.3, -0.25) is 9.59 Å². The molecule has 0 unspecified atom stereocenters. The number of ketones is 1. The summed E-state index contributed by atoms with van der Waals surface area (Å²) in [5.41, 5.74) is 1.98. The van der Waals surface area contributed by atoms with Crippen LogP contribution in [0, 0.1) is 24.7 Å². The van der Waals surface area contributed by atoms with Crippen molar-refractivity contribution in [3.63, 3.8) is 0 Å². The predicted molar refractivity (Wildman–Crippen MR) is 127 cm³/mol. The van der Waals surface area contributed by atoms with Crippen molar-refractivity contribution in [2.24, 2.45) is 17.8 Å². The zero-order valence-electron chi connectivity index (χ0n) is 20.0. The van der Waals surface area contributed by atoms with Gasteiger partial charge in [-0.1, -0.05) is 27.2 Å². The third-order valence-electron chi connectivity index (χ3n) is 7.04. The van der Waals surface area contributed by atoms with Crippen LogP contribution in [0.25, 0.3) is 6.08 Å². The van der Waals surface area contributed by atoms with Gasteiger partial charge >= 0.3 is 0 Å². The molecule has 2 saturated heterocycles. The zero-order chi connectivity index (χ0) is 23.4. The minimum Gasteiger partial charge on any atom is -0.392 e. The number of carbonyl (C=O) groups is 2. The SMILES string of the molecule is C/C(=C\c1csc(C)n1)[C@@H]1C[C@@H]2O[C@@H]2CCC[C@H](C)[C@H](O)[C@@H](C)C(=O)[C@@H](C)CCC(=O)N1. The van der Waals surface area contributed by atoms with E-state index in [0.717, 1.165) is 42.0 Å². The molecule has 0 saturated carbocycles. The lowest BCUT2D eigenvalue weighted by Gasteiger charge is -2.26. The lowest BCUT2D eigenvalue weighted by Crippen LogP contribution is -2.38. The minimum atomic E-state index is -0.644. The van der Waals surface area contributed by atoms with Crippen LogP contribution in [-0.4, -0.2) is 46.1 Å². The number of aromatic nitrogens is 1. The number of nitrogens with zero attached hydrogens (tertiary/aromatic N) is 1. The first-order valence-electron chi connectivity index (χ1n) is 11.9. The van der Waals surface area contributed by atoms with Gasteiger partial charge in [0.1, 0.15) is 5.78 Å². The molecule has 6 nitrogen and oxygen atoms in total. The Kier molecular flexibility index (Phi) is 8.64. The van der Waals surface area contributed by atoms with E-state index in [-0.39, 0.29) is 41.8 Å². The largest absolute Gasteiger partial charge is 0.392 e. The Hall–Kier alpha value is -1.57. The van der Waals surface area contributed by atoms with Gasteiger partial charge in [-0.2, -0.15) is 0 Å². The van der Waals surface area contributed by atoms with Crippen molar-refractivity contribution in [3.05, 3.63) is 21.7 Å². The van der Waals surface area contributed by atoms with Crippen molar-refractivity contribution in [3.8, 4) is 0 Å². The van der Waals surface area contributed by atoms with E-state index in [0.29, 0.717) is 12.8 Å². The molecule has 1 aromatic heterocycles. The molecule has 2 N–H and O–H groups in total. The first-order chi connectivity index (χ1) is 15.2. The van der Waals surface area contributed by atoms with E-state index in [1.54, 1.807) is 11.3 Å². The third kappa shape index (κ3) is 6.72. The number of aliphatic hydroxyl groups is 1. The Morgan fingerprint density at radius 1 is 1.22 bits per heavy atom. The van der Waals surface area contributed by atoms with Gasteiger partial charge in [0.05, 0.1) is 35.1 Å². The standard InChI is InChI=1S/C25H38N2O4S/c1-14-7-6-8-21-22(31-21)12-20(16(3)11-19-13-32-18(5)26-19)27-23(28)10-9-15(2)25(30)17(4)24(14)29/h11,13-15,17,20-22,24,29H,6-10,12H2,1-5H3,(H,27,28)/b16-11+/t14-,15-,17+,20-,21+,22-,24-/m0/s1. The average molecular weight is 463 g/mol. The highest BCUT2D eigenvalue weighted by atomic mass is 32.1. The third-order valence-corrected chi connectivity index (χ3v) is 7.83. The summed E-state index contributed by atoms with van der Waals surface area (Å²) in [6.45, 7) is 9.71. The number of amides is 1. The average Bonchev–Trinajstić information content (AvgIpc) is 3.37. The fourth-order valence-corrected chi connectivity index (χ4v) is 5.26. The number of thiazole rings is 1. The summed E-state index contributed by atoms with van der Waals surface area (Å²) in [4.78, 5) is 30.1. The van der Waals surface area contributed by atoms with E-state index < -0.39 is 12.0 Å². The predicted octanol–water partition coefficient (Wildman–Crippen LogP) is 4.30. The number of hydrogen-bond donors (Lipinski definition) is 2. The molecule has 0 radical (unpaired) electrons. The molecule has 0 bridgehead atoms. The van der Waals surface area contributed by atoms with Gasteiger partial charge in [-0.05, 0) is 50.7 Å². The molecule has 1 aromatic rings. The number of aliphatic hydroxyl groups excluding tert-OH is 1. The number of rotatable bonds is 2. The van der Waals surface area contributed by atoms with Gasteiger partial charge < -0.3 is 15.2 Å². The van der Waals surface area contributed by atoms with E-state index in [2.05, 4.69) is 10.3 Å². The van der Waals surface area contributed by atoms with Gasteiger partial charge in [0.2, 0.25) is 5.91 Å². The van der Waals surface area contributed by atoms with Crippen LogP contribution >= 0.6 is 11.3 Å². The van der Waals surface area contributed by atoms with Crippen LogP contribution in [0.2, 0.25) is 0 Å². The van der Waals surface area contributed by atoms with E-state index >= 15 is 0 Å². The highest BCUT2D eigenvalue weighted by Gasteiger charge is 2.40. The number of hydrogen-bond acceptors (Lipinski definition) is 6. The maximum atomic E-state index is 12.8. The molecule has 32 heavy (non-hydrogen) atoms. The Balaban J connectivity index is 1.73. The van der Waals surface area contributed by atoms with Crippen LogP contribution < -0.4 is 5.32 Å². The highest BCUT2D eigenvalue weighted by Crippen LogP contribution is 2.34. The Morgan fingerprint density at radius 2 is 1.97 bits per heavy atom. The number of epoxide rings is 1. The molecule has 7 heteroatoms. The Labute approximate surface area is 195 Å². The number of Topliss-reactive ketones (excluding diaryl/α,β-unsaturated/α-hetero) is 1. The van der Waals surface area contributed by atoms with Crippen LogP contribution in [0.5, 0.6) is 0 Å². The van der Waals surface area contributed by atoms with Crippen LogP contribution in [-0.2, 0) is 14.3 Å². The van der Waals surface area contributed by atoms with Crippen molar-refractivity contribution in [2.45, 2.75) is 97.5 Å². The molecule has 0 aromatic carbocycles. The fraction of sp³-hybridized carbons (Fsp3) is 0.720. The van der Waals surface area contributed by atoms with Crippen LogP contribution in [0.15, 0.2) is 11.0 Å². The van der Waals surface area contributed by atoms with E-state index in [1.165, 1.54) is 0 Å². The molecule has 3 rings (SSSR count). The van der Waals surface area contributed by atoms with Crippen molar-refractivity contribution >= 4 is 29.1 Å². The summed E-state index contributed by atoms with van der Waals surface area (Å²) in [5, 5.41) is 16.9. The summed E-state index contributed by atoms with van der Waals surface area (Å²) < 4.78 is 5.92. The summed E-state index contributed by atoms with van der Waals surface area (Å²) >= 11 is 1.61. The highest BCUT2D eigenvalue weighted by molar-refractivity contribution is 7.09. The van der Waals surface area contributed by atoms with Gasteiger partial charge in [-0.25, -0.2) is 4.98 Å². The lowest BCUT2D eigenvalue weighted by atomic mass is 9.82. The zero-order valence-corrected chi connectivity index (χ0v) is 20.8. The summed E-state index contributed by atoms with van der Waals surface area (Å²) in [7, 11) is 0. The van der Waals surface area contributed by atoms with Crippen molar-refractivity contribution < 1.29 is 19.4 Å². The molecule has 3 heterocycles. The number of aryl methyl sites for hydroxylation is 1. The maximum Gasteiger partial charge on any atom is 0.220 e.